The molecule has 144 valence electrons. The van der Waals surface area contributed by atoms with Crippen LogP contribution in [0.15, 0.2) is 42.5 Å². The molecule has 0 bridgehead atoms. The van der Waals surface area contributed by atoms with E-state index in [0.717, 1.165) is 41.7 Å². The Morgan fingerprint density at radius 1 is 1.15 bits per heavy atom. The van der Waals surface area contributed by atoms with Gasteiger partial charge >= 0.3 is 0 Å². The molecule has 5 heteroatoms. The van der Waals surface area contributed by atoms with Crippen LogP contribution in [0.5, 0.6) is 5.75 Å². The lowest BCUT2D eigenvalue weighted by Crippen LogP contribution is -2.32. The summed E-state index contributed by atoms with van der Waals surface area (Å²) in [6.45, 7) is 6.72. The second-order valence-electron chi connectivity index (χ2n) is 7.32. The predicted molar refractivity (Wildman–Crippen MR) is 112 cm³/mol. The highest BCUT2D eigenvalue weighted by molar-refractivity contribution is 5.94. The molecule has 0 spiro atoms. The summed E-state index contributed by atoms with van der Waals surface area (Å²) in [7, 11) is 1.63. The quantitative estimate of drug-likeness (QED) is 0.800. The first-order chi connectivity index (χ1) is 13.0. The summed E-state index contributed by atoms with van der Waals surface area (Å²) in [6, 6.07) is 14.0. The maximum atomic E-state index is 12.3. The van der Waals surface area contributed by atoms with Gasteiger partial charge in [0.1, 0.15) is 5.75 Å². The molecule has 2 aromatic carbocycles. The van der Waals surface area contributed by atoms with Crippen LogP contribution in [-0.4, -0.2) is 32.7 Å². The van der Waals surface area contributed by atoms with Gasteiger partial charge in [0.2, 0.25) is 5.91 Å². The van der Waals surface area contributed by atoms with Crippen molar-refractivity contribution >= 4 is 23.0 Å². The van der Waals surface area contributed by atoms with Crippen molar-refractivity contribution in [1.29, 1.82) is 0 Å². The van der Waals surface area contributed by atoms with Gasteiger partial charge in [-0.3, -0.25) is 4.79 Å². The minimum Gasteiger partial charge on any atom is -0.495 e. The normalized spacial score (nSPS) is 14.7. The number of piperidine rings is 1. The molecule has 2 N–H and O–H groups in total. The van der Waals surface area contributed by atoms with Crippen molar-refractivity contribution in [3.8, 4) is 5.75 Å². The van der Waals surface area contributed by atoms with E-state index in [4.69, 9.17) is 4.74 Å². The molecule has 0 radical (unpaired) electrons. The molecule has 0 aliphatic carbocycles. The molecule has 0 unspecified atom stereocenters. The number of nitrogens with zero attached hydrogens (tertiary/aromatic N) is 1. The zero-order chi connectivity index (χ0) is 19.2. The number of nitrogens with one attached hydrogen (secondary N) is 2. The van der Waals surface area contributed by atoms with E-state index in [2.05, 4.69) is 34.6 Å². The Balaban J connectivity index is 1.53. The minimum absolute atomic E-state index is 0.0851. The minimum atomic E-state index is -0.0851. The maximum Gasteiger partial charge on any atom is 0.243 e. The highest BCUT2D eigenvalue weighted by Crippen LogP contribution is 2.26. The zero-order valence-electron chi connectivity index (χ0n) is 16.4. The van der Waals surface area contributed by atoms with Gasteiger partial charge in [0.15, 0.2) is 0 Å². The van der Waals surface area contributed by atoms with Crippen LogP contribution in [0.25, 0.3) is 0 Å². The molecule has 1 saturated heterocycles. The van der Waals surface area contributed by atoms with Gasteiger partial charge < -0.3 is 20.3 Å². The maximum absolute atomic E-state index is 12.3. The molecule has 1 aliphatic rings. The second kappa shape index (κ2) is 8.80. The van der Waals surface area contributed by atoms with E-state index in [0.29, 0.717) is 0 Å². The number of carbonyl (C=O) groups excluding carboxylic acids is 1. The number of amides is 1. The molecular weight excluding hydrogens is 338 g/mol. The average Bonchev–Trinajstić information content (AvgIpc) is 2.68. The van der Waals surface area contributed by atoms with E-state index in [9.17, 15) is 4.79 Å². The molecule has 1 fully saturated rings. The molecule has 0 aromatic heterocycles. The monoisotopic (exact) mass is 367 g/mol. The number of carbonyl (C=O) groups is 1. The third kappa shape index (κ3) is 5.16. The highest BCUT2D eigenvalue weighted by atomic mass is 16.5. The van der Waals surface area contributed by atoms with E-state index in [1.54, 1.807) is 7.11 Å². The first-order valence-corrected chi connectivity index (χ1v) is 9.58. The van der Waals surface area contributed by atoms with E-state index in [-0.39, 0.29) is 12.5 Å². The summed E-state index contributed by atoms with van der Waals surface area (Å²) >= 11 is 0. The predicted octanol–water partition coefficient (Wildman–Crippen LogP) is 4.29. The lowest BCUT2D eigenvalue weighted by molar-refractivity contribution is -0.114. The number of methoxy groups -OCH3 is 1. The largest absolute Gasteiger partial charge is 0.495 e. The molecule has 1 heterocycles. The van der Waals surface area contributed by atoms with Gasteiger partial charge in [-0.15, -0.1) is 0 Å². The number of ether oxygens (including phenoxy) is 1. The van der Waals surface area contributed by atoms with E-state index in [1.165, 1.54) is 18.5 Å². The molecule has 1 aliphatic heterocycles. The van der Waals surface area contributed by atoms with Gasteiger partial charge in [0, 0.05) is 24.5 Å². The lowest BCUT2D eigenvalue weighted by Gasteiger charge is -2.32. The van der Waals surface area contributed by atoms with Crippen molar-refractivity contribution in [2.24, 2.45) is 5.92 Å². The first-order valence-electron chi connectivity index (χ1n) is 9.58. The summed E-state index contributed by atoms with van der Waals surface area (Å²) in [5.74, 6) is 1.46. The molecule has 1 amide bonds. The van der Waals surface area contributed by atoms with Crippen LogP contribution >= 0.6 is 0 Å². The Kier molecular flexibility index (Phi) is 6.22. The van der Waals surface area contributed by atoms with E-state index >= 15 is 0 Å². The fourth-order valence-electron chi connectivity index (χ4n) is 3.36. The summed E-state index contributed by atoms with van der Waals surface area (Å²) in [5, 5.41) is 6.09. The first kappa shape index (κ1) is 19.1. The Hall–Kier alpha value is -2.69. The van der Waals surface area contributed by atoms with Crippen LogP contribution in [0.1, 0.15) is 25.3 Å². The van der Waals surface area contributed by atoms with Crippen LogP contribution in [0, 0.1) is 12.8 Å². The molecule has 0 saturated carbocycles. The molecule has 2 aromatic rings. The van der Waals surface area contributed by atoms with Crippen LogP contribution in [0.2, 0.25) is 0 Å². The van der Waals surface area contributed by atoms with Crippen molar-refractivity contribution in [2.45, 2.75) is 26.7 Å². The molecule has 0 atom stereocenters. The van der Waals surface area contributed by atoms with Crippen molar-refractivity contribution in [2.75, 3.05) is 42.3 Å². The zero-order valence-corrected chi connectivity index (χ0v) is 16.4. The summed E-state index contributed by atoms with van der Waals surface area (Å²) in [4.78, 5) is 14.7. The van der Waals surface area contributed by atoms with Crippen molar-refractivity contribution in [3.05, 3.63) is 48.0 Å². The SMILES string of the molecule is COc1ccc(C)cc1NCC(=O)Nc1ccc(N2CCC(C)CC2)cc1. The van der Waals surface area contributed by atoms with Crippen molar-refractivity contribution in [3.63, 3.8) is 0 Å². The van der Waals surface area contributed by atoms with Crippen LogP contribution in [0.3, 0.4) is 0 Å². The third-order valence-corrected chi connectivity index (χ3v) is 5.09. The van der Waals surface area contributed by atoms with Crippen molar-refractivity contribution in [1.82, 2.24) is 0 Å². The van der Waals surface area contributed by atoms with Gasteiger partial charge in [-0.05, 0) is 67.6 Å². The fourth-order valence-corrected chi connectivity index (χ4v) is 3.36. The Labute approximate surface area is 161 Å². The average molecular weight is 367 g/mol. The third-order valence-electron chi connectivity index (χ3n) is 5.09. The summed E-state index contributed by atoms with van der Waals surface area (Å²) < 4.78 is 5.33. The number of benzene rings is 2. The standard InChI is InChI=1S/C22H29N3O2/c1-16-10-12-25(13-11-16)19-7-5-18(6-8-19)24-22(26)15-23-20-14-17(2)4-9-21(20)27-3/h4-9,14,16,23H,10-13,15H2,1-3H3,(H,24,26). The molecule has 5 nitrogen and oxygen atoms in total. The number of hydrogen-bond acceptors (Lipinski definition) is 4. The smallest absolute Gasteiger partial charge is 0.243 e. The lowest BCUT2D eigenvalue weighted by atomic mass is 9.99. The van der Waals surface area contributed by atoms with Gasteiger partial charge in [0.25, 0.3) is 0 Å². The molecule has 3 rings (SSSR count). The highest BCUT2D eigenvalue weighted by Gasteiger charge is 2.16. The Bertz CT molecular complexity index is 766. The van der Waals surface area contributed by atoms with E-state index < -0.39 is 0 Å². The fraction of sp³-hybridized carbons (Fsp3) is 0.409. The summed E-state index contributed by atoms with van der Waals surface area (Å²) in [6.07, 6.45) is 2.49. The Morgan fingerprint density at radius 2 is 1.85 bits per heavy atom. The van der Waals surface area contributed by atoms with Gasteiger partial charge in [-0.1, -0.05) is 13.0 Å². The number of aryl methyl sites for hydroxylation is 1. The second-order valence-corrected chi connectivity index (χ2v) is 7.32. The van der Waals surface area contributed by atoms with Crippen molar-refractivity contribution < 1.29 is 9.53 Å². The van der Waals surface area contributed by atoms with Gasteiger partial charge in [-0.2, -0.15) is 0 Å². The Morgan fingerprint density at radius 3 is 2.52 bits per heavy atom. The number of rotatable bonds is 6. The van der Waals surface area contributed by atoms with Crippen LogP contribution < -0.4 is 20.3 Å². The molecular formula is C22H29N3O2. The van der Waals surface area contributed by atoms with E-state index in [1.807, 2.05) is 37.3 Å². The van der Waals surface area contributed by atoms with Crippen LogP contribution in [-0.2, 0) is 4.79 Å². The topological polar surface area (TPSA) is 53.6 Å². The summed E-state index contributed by atoms with van der Waals surface area (Å²) in [5.41, 5.74) is 3.97. The van der Waals surface area contributed by atoms with Gasteiger partial charge in [-0.25, -0.2) is 0 Å². The van der Waals surface area contributed by atoms with Gasteiger partial charge in [0.05, 0.1) is 19.3 Å². The number of hydrogen-bond donors (Lipinski definition) is 2. The van der Waals surface area contributed by atoms with Crippen LogP contribution in [0.4, 0.5) is 17.1 Å². The number of anilines is 3. The molecule has 27 heavy (non-hydrogen) atoms.